The molecule has 8 nitrogen and oxygen atoms in total. The fourth-order valence-electron chi connectivity index (χ4n) is 4.66. The molecule has 0 saturated carbocycles. The summed E-state index contributed by atoms with van der Waals surface area (Å²) in [6.45, 7) is 1.72. The van der Waals surface area contributed by atoms with Crippen molar-refractivity contribution in [3.63, 3.8) is 0 Å². The summed E-state index contributed by atoms with van der Waals surface area (Å²) in [5.41, 5.74) is 1.88. The summed E-state index contributed by atoms with van der Waals surface area (Å²) in [5, 5.41) is 3.16. The number of benzene rings is 4. The van der Waals surface area contributed by atoms with Crippen LogP contribution in [0.25, 0.3) is 0 Å². The number of amides is 2. The molecule has 0 aromatic heterocycles. The molecule has 1 unspecified atom stereocenters. The summed E-state index contributed by atoms with van der Waals surface area (Å²) < 4.78 is 34.3. The van der Waals surface area contributed by atoms with Gasteiger partial charge in [-0.1, -0.05) is 78.3 Å². The molecule has 10 heteroatoms. The van der Waals surface area contributed by atoms with Gasteiger partial charge in [-0.25, -0.2) is 8.42 Å². The number of nitrogens with one attached hydrogen (secondary N) is 1. The quantitative estimate of drug-likeness (QED) is 0.219. The van der Waals surface area contributed by atoms with Gasteiger partial charge in [-0.2, -0.15) is 0 Å². The number of halogens is 1. The normalized spacial score (nSPS) is 11.8. The Labute approximate surface area is 257 Å². The lowest BCUT2D eigenvalue weighted by Gasteiger charge is -2.33. The lowest BCUT2D eigenvalue weighted by atomic mass is 10.0. The Hall–Kier alpha value is -4.34. The number of sulfonamides is 1. The van der Waals surface area contributed by atoms with Crippen LogP contribution >= 0.6 is 11.6 Å². The number of hydrogen-bond acceptors (Lipinski definition) is 5. The van der Waals surface area contributed by atoms with E-state index in [4.69, 9.17) is 16.3 Å². The van der Waals surface area contributed by atoms with Gasteiger partial charge in [-0.15, -0.1) is 0 Å². The summed E-state index contributed by atoms with van der Waals surface area (Å²) in [6.07, 6.45) is 0.244. The highest BCUT2D eigenvalue weighted by atomic mass is 35.5. The zero-order chi connectivity index (χ0) is 30.8. The van der Waals surface area contributed by atoms with Crippen molar-refractivity contribution in [2.45, 2.75) is 30.8 Å². The topological polar surface area (TPSA) is 96.0 Å². The van der Waals surface area contributed by atoms with Crippen LogP contribution in [0.3, 0.4) is 0 Å². The summed E-state index contributed by atoms with van der Waals surface area (Å²) in [6, 6.07) is 30.0. The molecule has 2 amide bonds. The number of methoxy groups -OCH3 is 1. The number of likely N-dealkylation sites (N-methyl/N-ethyl adjacent to an activating group) is 1. The van der Waals surface area contributed by atoms with E-state index in [0.717, 1.165) is 15.4 Å². The molecule has 0 spiro atoms. The van der Waals surface area contributed by atoms with Crippen LogP contribution in [0.15, 0.2) is 114 Å². The van der Waals surface area contributed by atoms with E-state index in [0.29, 0.717) is 17.3 Å². The van der Waals surface area contributed by atoms with Crippen molar-refractivity contribution in [2.24, 2.45) is 0 Å². The molecule has 43 heavy (non-hydrogen) atoms. The van der Waals surface area contributed by atoms with Crippen molar-refractivity contribution < 1.29 is 22.7 Å². The van der Waals surface area contributed by atoms with E-state index in [1.807, 2.05) is 67.6 Å². The number of anilines is 1. The molecule has 0 aliphatic heterocycles. The van der Waals surface area contributed by atoms with E-state index in [1.54, 1.807) is 18.2 Å². The van der Waals surface area contributed by atoms with Gasteiger partial charge in [0, 0.05) is 24.5 Å². The minimum absolute atomic E-state index is 0.0275. The highest BCUT2D eigenvalue weighted by Gasteiger charge is 2.34. The molecule has 0 saturated heterocycles. The van der Waals surface area contributed by atoms with Crippen molar-refractivity contribution in [2.75, 3.05) is 24.5 Å². The van der Waals surface area contributed by atoms with Crippen LogP contribution in [0.1, 0.15) is 18.1 Å². The Morgan fingerprint density at radius 3 is 2.07 bits per heavy atom. The summed E-state index contributed by atoms with van der Waals surface area (Å²) in [5.74, 6) is -0.389. The maximum Gasteiger partial charge on any atom is 0.264 e. The molecule has 1 N–H and O–H groups in total. The number of hydrogen-bond donors (Lipinski definition) is 1. The van der Waals surface area contributed by atoms with E-state index >= 15 is 0 Å². The van der Waals surface area contributed by atoms with E-state index in [9.17, 15) is 18.0 Å². The molecule has 0 radical (unpaired) electrons. The Morgan fingerprint density at radius 1 is 0.860 bits per heavy atom. The zero-order valence-electron chi connectivity index (χ0n) is 24.0. The minimum atomic E-state index is -4.24. The highest BCUT2D eigenvalue weighted by Crippen LogP contribution is 2.28. The average Bonchev–Trinajstić information content (AvgIpc) is 3.02. The van der Waals surface area contributed by atoms with Gasteiger partial charge in [-0.3, -0.25) is 13.9 Å². The van der Waals surface area contributed by atoms with E-state index in [-0.39, 0.29) is 29.5 Å². The molecule has 0 fully saturated rings. The van der Waals surface area contributed by atoms with Gasteiger partial charge >= 0.3 is 0 Å². The zero-order valence-corrected chi connectivity index (χ0v) is 25.6. The molecule has 4 rings (SSSR count). The first-order valence-electron chi connectivity index (χ1n) is 13.8. The first-order valence-corrected chi connectivity index (χ1v) is 15.6. The van der Waals surface area contributed by atoms with Gasteiger partial charge in [0.2, 0.25) is 11.8 Å². The second-order valence-electron chi connectivity index (χ2n) is 9.77. The monoisotopic (exact) mass is 619 g/mol. The lowest BCUT2D eigenvalue weighted by Crippen LogP contribution is -2.53. The number of nitrogens with zero attached hydrogens (tertiary/aromatic N) is 2. The van der Waals surface area contributed by atoms with Crippen LogP contribution in [-0.4, -0.2) is 51.4 Å². The third kappa shape index (κ3) is 8.15. The SMILES string of the molecule is CCNC(=O)C(Cc1ccccc1)N(Cc1ccccc1)C(=O)CN(c1cccc(Cl)c1)S(=O)(=O)c1ccc(OC)cc1. The molecular weight excluding hydrogens is 586 g/mol. The predicted molar refractivity (Wildman–Crippen MR) is 169 cm³/mol. The van der Waals surface area contributed by atoms with E-state index < -0.39 is 28.5 Å². The van der Waals surface area contributed by atoms with Gasteiger partial charge in [0.05, 0.1) is 17.7 Å². The van der Waals surface area contributed by atoms with Gasteiger partial charge < -0.3 is 15.0 Å². The molecule has 0 bridgehead atoms. The lowest BCUT2D eigenvalue weighted by molar-refractivity contribution is -0.140. The Bertz CT molecular complexity index is 1620. The number of carbonyl (C=O) groups excluding carboxylic acids is 2. The first-order chi connectivity index (χ1) is 20.7. The van der Waals surface area contributed by atoms with Crippen molar-refractivity contribution in [1.82, 2.24) is 10.2 Å². The predicted octanol–water partition coefficient (Wildman–Crippen LogP) is 5.32. The number of carbonyl (C=O) groups is 2. The first kappa shape index (κ1) is 31.6. The van der Waals surface area contributed by atoms with Crippen molar-refractivity contribution in [1.29, 1.82) is 0 Å². The summed E-state index contributed by atoms with van der Waals surface area (Å²) in [4.78, 5) is 29.2. The molecule has 0 aliphatic rings. The smallest absolute Gasteiger partial charge is 0.264 e. The maximum absolute atomic E-state index is 14.3. The van der Waals surface area contributed by atoms with E-state index in [1.165, 1.54) is 42.3 Å². The van der Waals surface area contributed by atoms with Crippen molar-refractivity contribution in [3.8, 4) is 5.75 Å². The minimum Gasteiger partial charge on any atom is -0.497 e. The largest absolute Gasteiger partial charge is 0.497 e. The van der Waals surface area contributed by atoms with Crippen LogP contribution < -0.4 is 14.4 Å². The Kier molecular flexibility index (Phi) is 10.8. The molecule has 0 aliphatic carbocycles. The molecule has 1 atom stereocenters. The highest BCUT2D eigenvalue weighted by molar-refractivity contribution is 7.92. The molecule has 0 heterocycles. The molecule has 4 aromatic rings. The third-order valence-corrected chi connectivity index (χ3v) is 8.86. The number of ether oxygens (including phenoxy) is 1. The van der Waals surface area contributed by atoms with Crippen LogP contribution in [0.5, 0.6) is 5.75 Å². The molecule has 224 valence electrons. The van der Waals surface area contributed by atoms with Gasteiger partial charge in [0.1, 0.15) is 18.3 Å². The average molecular weight is 620 g/mol. The molecule has 4 aromatic carbocycles. The second kappa shape index (κ2) is 14.7. The Morgan fingerprint density at radius 2 is 1.49 bits per heavy atom. The fourth-order valence-corrected chi connectivity index (χ4v) is 6.25. The van der Waals surface area contributed by atoms with E-state index in [2.05, 4.69) is 5.32 Å². The van der Waals surface area contributed by atoms with Crippen LogP contribution in [0, 0.1) is 0 Å². The third-order valence-electron chi connectivity index (χ3n) is 6.84. The summed E-state index contributed by atoms with van der Waals surface area (Å²) in [7, 11) is -2.75. The van der Waals surface area contributed by atoms with Crippen LogP contribution in [-0.2, 0) is 32.6 Å². The van der Waals surface area contributed by atoms with Gasteiger partial charge in [0.15, 0.2) is 0 Å². The fraction of sp³-hybridized carbons (Fsp3) is 0.212. The summed E-state index contributed by atoms with van der Waals surface area (Å²) >= 11 is 6.26. The Balaban J connectivity index is 1.78. The second-order valence-corrected chi connectivity index (χ2v) is 12.1. The van der Waals surface area contributed by atoms with Crippen LogP contribution in [0.2, 0.25) is 5.02 Å². The molecular formula is C33H34ClN3O5S. The number of rotatable bonds is 13. The van der Waals surface area contributed by atoms with Crippen molar-refractivity contribution in [3.05, 3.63) is 125 Å². The van der Waals surface area contributed by atoms with Crippen molar-refractivity contribution >= 4 is 39.1 Å². The maximum atomic E-state index is 14.3. The standard InChI is InChI=1S/C33H34ClN3O5S/c1-3-35-33(39)31(21-25-11-6-4-7-12-25)36(23-26-13-8-5-9-14-26)32(38)24-37(28-16-10-15-27(34)22-28)43(40,41)30-19-17-29(42-2)18-20-30/h4-20,22,31H,3,21,23-24H2,1-2H3,(H,35,39). The van der Waals surface area contributed by atoms with Gasteiger partial charge in [0.25, 0.3) is 10.0 Å². The van der Waals surface area contributed by atoms with Gasteiger partial charge in [-0.05, 0) is 60.5 Å². The van der Waals surface area contributed by atoms with Crippen LogP contribution in [0.4, 0.5) is 5.69 Å².